The first-order chi connectivity index (χ1) is 11.1. The van der Waals surface area contributed by atoms with Crippen LogP contribution < -0.4 is 9.47 Å². The van der Waals surface area contributed by atoms with Crippen molar-refractivity contribution in [3.8, 4) is 11.5 Å². The molecule has 9 heteroatoms. The number of H-pyrrole nitrogens is 1. The van der Waals surface area contributed by atoms with Crippen molar-refractivity contribution in [3.63, 3.8) is 0 Å². The molecule has 1 aromatic carbocycles. The zero-order valence-corrected chi connectivity index (χ0v) is 11.6. The van der Waals surface area contributed by atoms with Gasteiger partial charge in [0, 0.05) is 12.3 Å². The summed E-state index contributed by atoms with van der Waals surface area (Å²) >= 11 is 0. The van der Waals surface area contributed by atoms with Gasteiger partial charge in [0.2, 0.25) is 12.6 Å². The van der Waals surface area contributed by atoms with E-state index in [0.29, 0.717) is 0 Å². The maximum atomic E-state index is 12.1. The van der Waals surface area contributed by atoms with E-state index in [9.17, 15) is 19.7 Å². The molecule has 2 aromatic rings. The van der Waals surface area contributed by atoms with Crippen LogP contribution in [0.25, 0.3) is 0 Å². The second kappa shape index (κ2) is 5.79. The van der Waals surface area contributed by atoms with E-state index in [1.807, 2.05) is 0 Å². The molecule has 1 aliphatic rings. The van der Waals surface area contributed by atoms with Crippen LogP contribution in [0.3, 0.4) is 0 Å². The molecule has 118 valence electrons. The van der Waals surface area contributed by atoms with Crippen LogP contribution in [0.2, 0.25) is 0 Å². The summed E-state index contributed by atoms with van der Waals surface area (Å²) < 4.78 is 15.0. The molecule has 0 radical (unpaired) electrons. The molecule has 9 nitrogen and oxygen atoms in total. The number of nitro benzene ring substituents is 1. The fourth-order valence-electron chi connectivity index (χ4n) is 2.04. The number of ether oxygens (including phenoxy) is 3. The Morgan fingerprint density at radius 1 is 1.30 bits per heavy atom. The normalized spacial score (nSPS) is 12.0. The van der Waals surface area contributed by atoms with Crippen molar-refractivity contribution in [2.24, 2.45) is 0 Å². The Morgan fingerprint density at radius 3 is 2.70 bits per heavy atom. The summed E-state index contributed by atoms with van der Waals surface area (Å²) in [5, 5.41) is 11.1. The third-order valence-electron chi connectivity index (χ3n) is 3.14. The van der Waals surface area contributed by atoms with Gasteiger partial charge in [-0.05, 0) is 12.1 Å². The maximum absolute atomic E-state index is 12.1. The highest BCUT2D eigenvalue weighted by molar-refractivity contribution is 5.99. The van der Waals surface area contributed by atoms with Gasteiger partial charge in [0.15, 0.2) is 18.1 Å². The predicted octanol–water partition coefficient (Wildman–Crippen LogP) is 1.69. The van der Waals surface area contributed by atoms with E-state index in [2.05, 4.69) is 4.98 Å². The van der Waals surface area contributed by atoms with Gasteiger partial charge in [-0.1, -0.05) is 0 Å². The van der Waals surface area contributed by atoms with Crippen molar-refractivity contribution in [3.05, 3.63) is 51.8 Å². The minimum Gasteiger partial charge on any atom is -0.454 e. The number of Topliss-reactive ketones (excluding diaryl/α,β-unsaturated/α-hetero) is 1. The number of carbonyl (C=O) groups excluding carboxylic acids is 2. The molecule has 0 saturated heterocycles. The number of nitro groups is 1. The smallest absolute Gasteiger partial charge is 0.345 e. The lowest BCUT2D eigenvalue weighted by molar-refractivity contribution is -0.385. The number of aromatic amines is 1. The molecule has 1 aliphatic heterocycles. The molecule has 0 amide bonds. The highest BCUT2D eigenvalue weighted by Gasteiger charge is 2.28. The number of hydrogen-bond donors (Lipinski definition) is 1. The van der Waals surface area contributed by atoms with E-state index < -0.39 is 29.0 Å². The van der Waals surface area contributed by atoms with Crippen LogP contribution in [0.4, 0.5) is 5.69 Å². The lowest BCUT2D eigenvalue weighted by Gasteiger charge is -2.05. The number of hydrogen-bond acceptors (Lipinski definition) is 7. The molecular formula is C14H10N2O7. The van der Waals surface area contributed by atoms with Gasteiger partial charge in [-0.2, -0.15) is 0 Å². The summed E-state index contributed by atoms with van der Waals surface area (Å²) in [4.78, 5) is 36.8. The van der Waals surface area contributed by atoms with Crippen LogP contribution in [0.5, 0.6) is 11.5 Å². The van der Waals surface area contributed by atoms with Crippen LogP contribution >= 0.6 is 0 Å². The molecule has 0 aliphatic carbocycles. The Kier molecular flexibility index (Phi) is 3.67. The van der Waals surface area contributed by atoms with Crippen molar-refractivity contribution in [2.45, 2.75) is 0 Å². The van der Waals surface area contributed by atoms with E-state index in [1.165, 1.54) is 12.1 Å². The Bertz CT molecular complexity index is 783. The second-order valence-corrected chi connectivity index (χ2v) is 4.56. The Balaban J connectivity index is 1.79. The molecule has 0 atom stereocenters. The minimum atomic E-state index is -0.991. The summed E-state index contributed by atoms with van der Waals surface area (Å²) in [6.45, 7) is -0.624. The Morgan fingerprint density at radius 2 is 2.04 bits per heavy atom. The maximum Gasteiger partial charge on any atom is 0.345 e. The van der Waals surface area contributed by atoms with Crippen LogP contribution in [0.15, 0.2) is 30.5 Å². The van der Waals surface area contributed by atoms with Gasteiger partial charge >= 0.3 is 5.97 Å². The summed E-state index contributed by atoms with van der Waals surface area (Å²) in [6, 6.07) is 5.41. The summed E-state index contributed by atoms with van der Waals surface area (Å²) in [7, 11) is 0. The van der Waals surface area contributed by atoms with E-state index in [-0.39, 0.29) is 29.5 Å². The first-order valence-electron chi connectivity index (χ1n) is 6.48. The molecule has 23 heavy (non-hydrogen) atoms. The van der Waals surface area contributed by atoms with Gasteiger partial charge in [0.1, 0.15) is 5.56 Å². The van der Waals surface area contributed by atoms with Gasteiger partial charge < -0.3 is 19.2 Å². The number of fused-ring (bicyclic) bond motifs is 1. The van der Waals surface area contributed by atoms with Gasteiger partial charge in [0.25, 0.3) is 5.69 Å². The molecule has 2 heterocycles. The van der Waals surface area contributed by atoms with Crippen molar-refractivity contribution in [1.29, 1.82) is 0 Å². The number of nitrogens with zero attached hydrogens (tertiary/aromatic N) is 1. The quantitative estimate of drug-likeness (QED) is 0.385. The fourth-order valence-corrected chi connectivity index (χ4v) is 2.04. The SMILES string of the molecule is O=C(COC(=O)c1cc2c(cc1[N+](=O)[O-])OCO2)c1ccc[nH]1. The molecular weight excluding hydrogens is 308 g/mol. The second-order valence-electron chi connectivity index (χ2n) is 4.56. The van der Waals surface area contributed by atoms with Crippen molar-refractivity contribution in [1.82, 2.24) is 4.98 Å². The van der Waals surface area contributed by atoms with Crippen LogP contribution in [0, 0.1) is 10.1 Å². The predicted molar refractivity (Wildman–Crippen MR) is 74.6 cm³/mol. The number of esters is 1. The monoisotopic (exact) mass is 318 g/mol. The van der Waals surface area contributed by atoms with Gasteiger partial charge in [-0.3, -0.25) is 14.9 Å². The molecule has 0 saturated carbocycles. The Hall–Kier alpha value is -3.36. The van der Waals surface area contributed by atoms with Crippen molar-refractivity contribution >= 4 is 17.4 Å². The highest BCUT2D eigenvalue weighted by atomic mass is 16.7. The number of aromatic nitrogens is 1. The third-order valence-corrected chi connectivity index (χ3v) is 3.14. The summed E-state index contributed by atoms with van der Waals surface area (Å²) in [6.07, 6.45) is 1.55. The molecule has 0 bridgehead atoms. The number of benzene rings is 1. The van der Waals surface area contributed by atoms with Gasteiger partial charge in [0.05, 0.1) is 16.7 Å². The number of ketones is 1. The number of nitrogens with one attached hydrogen (secondary N) is 1. The van der Waals surface area contributed by atoms with Gasteiger partial charge in [-0.15, -0.1) is 0 Å². The number of carbonyl (C=O) groups is 2. The molecule has 0 fully saturated rings. The lowest BCUT2D eigenvalue weighted by atomic mass is 10.1. The third kappa shape index (κ3) is 2.84. The standard InChI is InChI=1S/C14H10N2O7/c17-11(9-2-1-3-15-9)6-21-14(18)8-4-12-13(23-7-22-12)5-10(8)16(19)20/h1-5,15H,6-7H2. The zero-order valence-electron chi connectivity index (χ0n) is 11.6. The lowest BCUT2D eigenvalue weighted by Crippen LogP contribution is -2.15. The zero-order chi connectivity index (χ0) is 16.4. The van der Waals surface area contributed by atoms with Crippen molar-refractivity contribution in [2.75, 3.05) is 13.4 Å². The molecule has 0 unspecified atom stereocenters. The molecule has 0 spiro atoms. The largest absolute Gasteiger partial charge is 0.454 e. The Labute approximate surface area is 128 Å². The first-order valence-corrected chi connectivity index (χ1v) is 6.48. The van der Waals surface area contributed by atoms with Crippen LogP contribution in [-0.4, -0.2) is 35.1 Å². The van der Waals surface area contributed by atoms with E-state index in [1.54, 1.807) is 12.3 Å². The fraction of sp³-hybridized carbons (Fsp3) is 0.143. The van der Waals surface area contributed by atoms with Crippen LogP contribution in [0.1, 0.15) is 20.8 Å². The highest BCUT2D eigenvalue weighted by Crippen LogP contribution is 2.38. The van der Waals surface area contributed by atoms with E-state index in [4.69, 9.17) is 14.2 Å². The molecule has 1 aromatic heterocycles. The summed E-state index contributed by atoms with van der Waals surface area (Å²) in [5.74, 6) is -1.06. The van der Waals surface area contributed by atoms with Crippen molar-refractivity contribution < 1.29 is 28.7 Å². The molecule has 3 rings (SSSR count). The van der Waals surface area contributed by atoms with Crippen LogP contribution in [-0.2, 0) is 4.74 Å². The van der Waals surface area contributed by atoms with E-state index >= 15 is 0 Å². The van der Waals surface area contributed by atoms with Gasteiger partial charge in [-0.25, -0.2) is 4.79 Å². The average molecular weight is 318 g/mol. The topological polar surface area (TPSA) is 121 Å². The minimum absolute atomic E-state index is 0.0870. The average Bonchev–Trinajstić information content (AvgIpc) is 3.21. The summed E-state index contributed by atoms with van der Waals surface area (Å²) in [5.41, 5.74) is -0.511. The molecule has 1 N–H and O–H groups in total. The number of rotatable bonds is 5. The first kappa shape index (κ1) is 14.6. The van der Waals surface area contributed by atoms with E-state index in [0.717, 1.165) is 6.07 Å².